The summed E-state index contributed by atoms with van der Waals surface area (Å²) in [5, 5.41) is 12.5. The van der Waals surface area contributed by atoms with Crippen LogP contribution in [0, 0.1) is 17.1 Å². The summed E-state index contributed by atoms with van der Waals surface area (Å²) < 4.78 is 51.6. The zero-order valence-corrected chi connectivity index (χ0v) is 15.8. The van der Waals surface area contributed by atoms with Crippen LogP contribution in [-0.4, -0.2) is 17.6 Å². The molecule has 3 aromatic rings. The maximum absolute atomic E-state index is 13.8. The quantitative estimate of drug-likeness (QED) is 0.561. The van der Waals surface area contributed by atoms with Crippen LogP contribution >= 0.6 is 11.3 Å². The zero-order chi connectivity index (χ0) is 21.0. The molecule has 0 bridgehead atoms. The number of aromatic nitrogens is 1. The first kappa shape index (κ1) is 20.8. The minimum absolute atomic E-state index is 0.0224. The molecular weight excluding hydrogens is 404 g/mol. The summed E-state index contributed by atoms with van der Waals surface area (Å²) in [5.41, 5.74) is 6.67. The fourth-order valence-corrected chi connectivity index (χ4v) is 3.49. The van der Waals surface area contributed by atoms with Crippen molar-refractivity contribution in [1.29, 1.82) is 5.26 Å². The van der Waals surface area contributed by atoms with Gasteiger partial charge in [-0.25, -0.2) is 9.37 Å². The van der Waals surface area contributed by atoms with Crippen molar-refractivity contribution < 1.29 is 17.6 Å². The largest absolute Gasteiger partial charge is 0.416 e. The third kappa shape index (κ3) is 5.31. The van der Waals surface area contributed by atoms with Crippen LogP contribution < -0.4 is 11.1 Å². The highest BCUT2D eigenvalue weighted by Crippen LogP contribution is 2.30. The summed E-state index contributed by atoms with van der Waals surface area (Å²) in [7, 11) is 0. The third-order valence-electron chi connectivity index (χ3n) is 4.17. The Bertz CT molecular complexity index is 1020. The van der Waals surface area contributed by atoms with Gasteiger partial charge in [-0.15, -0.1) is 0 Å². The van der Waals surface area contributed by atoms with Crippen LogP contribution in [-0.2, 0) is 12.6 Å². The van der Waals surface area contributed by atoms with Gasteiger partial charge >= 0.3 is 6.18 Å². The van der Waals surface area contributed by atoms with Gasteiger partial charge in [-0.1, -0.05) is 29.5 Å². The molecule has 0 spiro atoms. The second-order valence-electron chi connectivity index (χ2n) is 6.38. The molecule has 0 aliphatic heterocycles. The highest BCUT2D eigenvalue weighted by molar-refractivity contribution is 7.18. The van der Waals surface area contributed by atoms with Crippen LogP contribution in [0.15, 0.2) is 48.7 Å². The lowest BCUT2D eigenvalue weighted by Gasteiger charge is -2.13. The lowest BCUT2D eigenvalue weighted by Crippen LogP contribution is -2.31. The molecule has 9 heteroatoms. The molecule has 1 atom stereocenters. The average Bonchev–Trinajstić information content (AvgIpc) is 3.15. The number of benzene rings is 2. The molecular formula is C20H16F4N4S. The van der Waals surface area contributed by atoms with Gasteiger partial charge in [-0.3, -0.25) is 0 Å². The van der Waals surface area contributed by atoms with Crippen LogP contribution in [0.2, 0.25) is 0 Å². The Morgan fingerprint density at radius 2 is 1.90 bits per heavy atom. The van der Waals surface area contributed by atoms with Crippen molar-refractivity contribution >= 4 is 16.5 Å². The van der Waals surface area contributed by atoms with E-state index in [1.165, 1.54) is 35.6 Å². The molecule has 3 rings (SSSR count). The number of nitrogens with zero attached hydrogens (tertiary/aromatic N) is 2. The number of halogens is 4. The fraction of sp³-hybridized carbons (Fsp3) is 0.200. The number of thiazole rings is 1. The Morgan fingerprint density at radius 1 is 1.17 bits per heavy atom. The predicted molar refractivity (Wildman–Crippen MR) is 104 cm³/mol. The van der Waals surface area contributed by atoms with Gasteiger partial charge in [0.25, 0.3) is 0 Å². The molecule has 0 fully saturated rings. The zero-order valence-electron chi connectivity index (χ0n) is 15.0. The van der Waals surface area contributed by atoms with E-state index in [-0.39, 0.29) is 11.6 Å². The van der Waals surface area contributed by atoms with Crippen molar-refractivity contribution in [2.75, 3.05) is 11.9 Å². The standard InChI is InChI=1S/C20H16F4N4S/c21-17-8-13(3-4-14(17)9-25)18-11-28-19(29-18)27-10-16(26)7-12-1-5-15(6-2-12)20(22,23)24/h1-6,8,11,16H,7,10,26H2,(H,27,28). The molecule has 1 aromatic heterocycles. The van der Waals surface area contributed by atoms with Crippen LogP contribution in [0.4, 0.5) is 22.7 Å². The van der Waals surface area contributed by atoms with Gasteiger partial charge in [0.2, 0.25) is 0 Å². The molecule has 150 valence electrons. The minimum Gasteiger partial charge on any atom is -0.360 e. The Labute approximate surface area is 168 Å². The van der Waals surface area contributed by atoms with E-state index in [0.717, 1.165) is 17.0 Å². The molecule has 29 heavy (non-hydrogen) atoms. The van der Waals surface area contributed by atoms with E-state index < -0.39 is 17.6 Å². The fourth-order valence-electron chi connectivity index (χ4n) is 2.67. The summed E-state index contributed by atoms with van der Waals surface area (Å²) in [6.45, 7) is 0.371. The Hall–Kier alpha value is -2.96. The van der Waals surface area contributed by atoms with Gasteiger partial charge in [-0.05, 0) is 41.8 Å². The van der Waals surface area contributed by atoms with Gasteiger partial charge in [-0.2, -0.15) is 18.4 Å². The monoisotopic (exact) mass is 420 g/mol. The first-order valence-corrected chi connectivity index (χ1v) is 9.39. The molecule has 0 aliphatic rings. The minimum atomic E-state index is -4.36. The van der Waals surface area contributed by atoms with E-state index in [1.807, 2.05) is 0 Å². The first-order chi connectivity index (χ1) is 13.8. The highest BCUT2D eigenvalue weighted by atomic mass is 32.1. The van der Waals surface area contributed by atoms with Crippen LogP contribution in [0.5, 0.6) is 0 Å². The van der Waals surface area contributed by atoms with E-state index in [2.05, 4.69) is 10.3 Å². The van der Waals surface area contributed by atoms with Crippen LogP contribution in [0.25, 0.3) is 10.4 Å². The lowest BCUT2D eigenvalue weighted by atomic mass is 10.0. The number of nitrogens with two attached hydrogens (primary N) is 1. The van der Waals surface area contributed by atoms with Crippen molar-refractivity contribution in [3.05, 3.63) is 71.2 Å². The summed E-state index contributed by atoms with van der Waals surface area (Å²) in [5.74, 6) is -0.591. The van der Waals surface area contributed by atoms with E-state index in [4.69, 9.17) is 11.0 Å². The maximum atomic E-state index is 13.8. The van der Waals surface area contributed by atoms with Crippen molar-refractivity contribution in [3.8, 4) is 16.5 Å². The van der Waals surface area contributed by atoms with Gasteiger partial charge in [0.15, 0.2) is 5.13 Å². The van der Waals surface area contributed by atoms with E-state index in [9.17, 15) is 17.6 Å². The van der Waals surface area contributed by atoms with Crippen molar-refractivity contribution in [1.82, 2.24) is 4.98 Å². The molecule has 1 heterocycles. The number of hydrogen-bond donors (Lipinski definition) is 2. The SMILES string of the molecule is N#Cc1ccc(-c2cnc(NCC(N)Cc3ccc(C(F)(F)F)cc3)s2)cc1F. The second kappa shape index (κ2) is 8.59. The van der Waals surface area contributed by atoms with Gasteiger partial charge < -0.3 is 11.1 Å². The van der Waals surface area contributed by atoms with Gasteiger partial charge in [0.05, 0.1) is 16.0 Å². The maximum Gasteiger partial charge on any atom is 0.416 e. The predicted octanol–water partition coefficient (Wildman–Crippen LogP) is 4.82. The number of rotatable bonds is 6. The average molecular weight is 420 g/mol. The van der Waals surface area contributed by atoms with Crippen LogP contribution in [0.1, 0.15) is 16.7 Å². The molecule has 0 amide bonds. The molecule has 3 N–H and O–H groups in total. The number of anilines is 1. The van der Waals surface area contributed by atoms with Crippen molar-refractivity contribution in [3.63, 3.8) is 0 Å². The topological polar surface area (TPSA) is 74.7 Å². The number of nitriles is 1. The summed E-state index contributed by atoms with van der Waals surface area (Å²) in [6.07, 6.45) is -2.36. The lowest BCUT2D eigenvalue weighted by molar-refractivity contribution is -0.137. The van der Waals surface area contributed by atoms with Crippen molar-refractivity contribution in [2.24, 2.45) is 5.73 Å². The number of hydrogen-bond acceptors (Lipinski definition) is 5. The number of alkyl halides is 3. The van der Waals surface area contributed by atoms with E-state index in [1.54, 1.807) is 18.3 Å². The summed E-state index contributed by atoms with van der Waals surface area (Å²) >= 11 is 1.31. The Kier molecular flexibility index (Phi) is 6.15. The summed E-state index contributed by atoms with van der Waals surface area (Å²) in [6, 6.07) is 10.7. The van der Waals surface area contributed by atoms with E-state index >= 15 is 0 Å². The third-order valence-corrected chi connectivity index (χ3v) is 5.18. The molecule has 0 saturated heterocycles. The summed E-state index contributed by atoms with van der Waals surface area (Å²) in [4.78, 5) is 4.95. The molecule has 0 aliphatic carbocycles. The Balaban J connectivity index is 1.57. The van der Waals surface area contributed by atoms with E-state index in [0.29, 0.717) is 29.2 Å². The molecule has 1 unspecified atom stereocenters. The first-order valence-electron chi connectivity index (χ1n) is 8.57. The number of nitrogens with one attached hydrogen (secondary N) is 1. The van der Waals surface area contributed by atoms with Crippen LogP contribution in [0.3, 0.4) is 0 Å². The van der Waals surface area contributed by atoms with Gasteiger partial charge in [0.1, 0.15) is 11.9 Å². The Morgan fingerprint density at radius 3 is 2.52 bits per heavy atom. The molecule has 4 nitrogen and oxygen atoms in total. The molecule has 0 saturated carbocycles. The normalized spacial score (nSPS) is 12.4. The van der Waals surface area contributed by atoms with Gasteiger partial charge in [0, 0.05) is 18.8 Å². The molecule has 2 aromatic carbocycles. The highest BCUT2D eigenvalue weighted by Gasteiger charge is 2.29. The second-order valence-corrected chi connectivity index (χ2v) is 7.41. The van der Waals surface area contributed by atoms with Crippen molar-refractivity contribution in [2.45, 2.75) is 18.6 Å². The smallest absolute Gasteiger partial charge is 0.360 e. The molecule has 0 radical (unpaired) electrons.